The molecule has 0 amide bonds. The maximum atomic E-state index is 8.88. The van der Waals surface area contributed by atoms with E-state index >= 15 is 0 Å². The van der Waals surface area contributed by atoms with Gasteiger partial charge in [-0.25, -0.2) is 4.98 Å². The number of nitrogens with zero attached hydrogens (tertiary/aromatic N) is 2. The highest BCUT2D eigenvalue weighted by atomic mass is 32.1. The van der Waals surface area contributed by atoms with E-state index in [2.05, 4.69) is 35.3 Å². The van der Waals surface area contributed by atoms with Crippen LogP contribution in [0.5, 0.6) is 0 Å². The van der Waals surface area contributed by atoms with Crippen molar-refractivity contribution in [3.8, 4) is 27.8 Å². The maximum Gasteiger partial charge on any atom is 0.108 e. The topological polar surface area (TPSA) is 36.7 Å². The third-order valence-corrected chi connectivity index (χ3v) is 4.09. The van der Waals surface area contributed by atoms with Crippen LogP contribution < -0.4 is 0 Å². The molecular formula is C17H12N2S. The van der Waals surface area contributed by atoms with Crippen LogP contribution in [0, 0.1) is 11.3 Å². The minimum Gasteiger partial charge on any atom is -0.239 e. The summed E-state index contributed by atoms with van der Waals surface area (Å²) in [5.41, 5.74) is 3.20. The van der Waals surface area contributed by atoms with Gasteiger partial charge in [0.05, 0.1) is 23.1 Å². The predicted molar refractivity (Wildman–Crippen MR) is 82.3 cm³/mol. The molecule has 0 atom stereocenters. The molecule has 3 aromatic rings. The lowest BCUT2D eigenvalue weighted by atomic mass is 10.1. The SMILES string of the molecule is N#CCc1nc(-c2ccccc2)c(-c2ccccc2)s1. The van der Waals surface area contributed by atoms with Gasteiger partial charge in [-0.2, -0.15) is 5.26 Å². The third-order valence-electron chi connectivity index (χ3n) is 2.98. The second-order valence-corrected chi connectivity index (χ2v) is 5.44. The van der Waals surface area contributed by atoms with Crippen LogP contribution in [0.25, 0.3) is 21.7 Å². The van der Waals surface area contributed by atoms with Gasteiger partial charge in [-0.1, -0.05) is 60.7 Å². The average molecular weight is 276 g/mol. The molecule has 0 N–H and O–H groups in total. The number of nitriles is 1. The van der Waals surface area contributed by atoms with Gasteiger partial charge in [-0.3, -0.25) is 0 Å². The van der Waals surface area contributed by atoms with Gasteiger partial charge in [0, 0.05) is 5.56 Å². The first-order chi connectivity index (χ1) is 9.88. The minimum absolute atomic E-state index is 0.358. The molecule has 2 nitrogen and oxygen atoms in total. The molecular weight excluding hydrogens is 264 g/mol. The largest absolute Gasteiger partial charge is 0.239 e. The van der Waals surface area contributed by atoms with Crippen molar-refractivity contribution < 1.29 is 0 Å². The minimum atomic E-state index is 0.358. The zero-order chi connectivity index (χ0) is 13.8. The highest BCUT2D eigenvalue weighted by molar-refractivity contribution is 7.15. The standard InChI is InChI=1S/C17H12N2S/c18-12-11-15-19-16(13-7-3-1-4-8-13)17(20-15)14-9-5-2-6-10-14/h1-10H,11H2. The summed E-state index contributed by atoms with van der Waals surface area (Å²) in [6, 6.07) is 22.5. The van der Waals surface area contributed by atoms with E-state index in [1.54, 1.807) is 11.3 Å². The van der Waals surface area contributed by atoms with Crippen LogP contribution in [0.3, 0.4) is 0 Å². The van der Waals surface area contributed by atoms with Crippen LogP contribution >= 0.6 is 11.3 Å². The fraction of sp³-hybridized carbons (Fsp3) is 0.0588. The number of benzene rings is 2. The van der Waals surface area contributed by atoms with Crippen LogP contribution in [0.1, 0.15) is 5.01 Å². The highest BCUT2D eigenvalue weighted by Gasteiger charge is 2.14. The van der Waals surface area contributed by atoms with E-state index in [4.69, 9.17) is 5.26 Å². The van der Waals surface area contributed by atoms with Crippen molar-refractivity contribution in [3.63, 3.8) is 0 Å². The normalized spacial score (nSPS) is 10.2. The first-order valence-corrected chi connectivity index (χ1v) is 7.17. The lowest BCUT2D eigenvalue weighted by Gasteiger charge is -2.02. The van der Waals surface area contributed by atoms with Crippen LogP contribution in [0.15, 0.2) is 60.7 Å². The number of rotatable bonds is 3. The van der Waals surface area contributed by atoms with Gasteiger partial charge >= 0.3 is 0 Å². The van der Waals surface area contributed by atoms with Crippen molar-refractivity contribution in [2.75, 3.05) is 0 Å². The maximum absolute atomic E-state index is 8.88. The van der Waals surface area contributed by atoms with Gasteiger partial charge in [0.2, 0.25) is 0 Å². The Morgan fingerprint density at radius 3 is 2.10 bits per heavy atom. The molecule has 0 spiro atoms. The van der Waals surface area contributed by atoms with Gasteiger partial charge in [-0.05, 0) is 5.56 Å². The molecule has 0 fully saturated rings. The number of hydrogen-bond acceptors (Lipinski definition) is 3. The molecule has 20 heavy (non-hydrogen) atoms. The Labute approximate surface area is 122 Å². The van der Waals surface area contributed by atoms with E-state index < -0.39 is 0 Å². The van der Waals surface area contributed by atoms with E-state index in [-0.39, 0.29) is 0 Å². The molecule has 0 aliphatic heterocycles. The fourth-order valence-corrected chi connectivity index (χ4v) is 3.11. The predicted octanol–water partition coefficient (Wildman–Crippen LogP) is 4.54. The molecule has 3 heteroatoms. The second-order valence-electron chi connectivity index (χ2n) is 4.35. The Balaban J connectivity index is 2.16. The molecule has 0 radical (unpaired) electrons. The van der Waals surface area contributed by atoms with Gasteiger partial charge in [0.15, 0.2) is 0 Å². The summed E-state index contributed by atoms with van der Waals surface area (Å²) >= 11 is 1.60. The summed E-state index contributed by atoms with van der Waals surface area (Å²) in [4.78, 5) is 5.77. The molecule has 2 aromatic carbocycles. The molecule has 0 saturated carbocycles. The smallest absolute Gasteiger partial charge is 0.108 e. The van der Waals surface area contributed by atoms with E-state index in [1.807, 2.05) is 36.4 Å². The van der Waals surface area contributed by atoms with E-state index in [1.165, 1.54) is 0 Å². The summed E-state index contributed by atoms with van der Waals surface area (Å²) in [5, 5.41) is 9.74. The first-order valence-electron chi connectivity index (χ1n) is 6.36. The van der Waals surface area contributed by atoms with Crippen LogP contribution in [0.4, 0.5) is 0 Å². The van der Waals surface area contributed by atoms with Crippen molar-refractivity contribution in [1.82, 2.24) is 4.98 Å². The van der Waals surface area contributed by atoms with Crippen molar-refractivity contribution in [3.05, 3.63) is 65.7 Å². The fourth-order valence-electron chi connectivity index (χ4n) is 2.08. The van der Waals surface area contributed by atoms with Gasteiger partial charge in [-0.15, -0.1) is 11.3 Å². The zero-order valence-electron chi connectivity index (χ0n) is 10.8. The van der Waals surface area contributed by atoms with Gasteiger partial charge in [0.1, 0.15) is 5.01 Å². The van der Waals surface area contributed by atoms with Gasteiger partial charge in [0.25, 0.3) is 0 Å². The van der Waals surface area contributed by atoms with Crippen LogP contribution in [-0.2, 0) is 6.42 Å². The van der Waals surface area contributed by atoms with Crippen LogP contribution in [-0.4, -0.2) is 4.98 Å². The van der Waals surface area contributed by atoms with E-state index in [9.17, 15) is 0 Å². The summed E-state index contributed by atoms with van der Waals surface area (Å²) in [5.74, 6) is 0. The number of aromatic nitrogens is 1. The molecule has 0 bridgehead atoms. The van der Waals surface area contributed by atoms with E-state index in [0.29, 0.717) is 6.42 Å². The van der Waals surface area contributed by atoms with Crippen molar-refractivity contribution in [1.29, 1.82) is 5.26 Å². The summed E-state index contributed by atoms with van der Waals surface area (Å²) < 4.78 is 0. The Hall–Kier alpha value is -2.44. The summed E-state index contributed by atoms with van der Waals surface area (Å²) in [6.45, 7) is 0. The highest BCUT2D eigenvalue weighted by Crippen LogP contribution is 2.36. The average Bonchev–Trinajstić information content (AvgIpc) is 2.93. The second kappa shape index (κ2) is 5.68. The molecule has 96 valence electrons. The molecule has 1 heterocycles. The zero-order valence-corrected chi connectivity index (χ0v) is 11.6. The van der Waals surface area contributed by atoms with Crippen molar-refractivity contribution >= 4 is 11.3 Å². The Morgan fingerprint density at radius 1 is 0.900 bits per heavy atom. The van der Waals surface area contributed by atoms with Crippen LogP contribution in [0.2, 0.25) is 0 Å². The molecule has 0 aliphatic rings. The van der Waals surface area contributed by atoms with Gasteiger partial charge < -0.3 is 0 Å². The molecule has 0 saturated heterocycles. The Bertz CT molecular complexity index is 683. The molecule has 0 unspecified atom stereocenters. The lowest BCUT2D eigenvalue weighted by molar-refractivity contribution is 1.19. The Kier molecular flexibility index (Phi) is 3.58. The number of thiazole rings is 1. The molecule has 0 aliphatic carbocycles. The summed E-state index contributed by atoms with van der Waals surface area (Å²) in [6.07, 6.45) is 0.358. The third kappa shape index (κ3) is 2.47. The van der Waals surface area contributed by atoms with Crippen molar-refractivity contribution in [2.24, 2.45) is 0 Å². The number of hydrogen-bond donors (Lipinski definition) is 0. The summed E-state index contributed by atoms with van der Waals surface area (Å²) in [7, 11) is 0. The monoisotopic (exact) mass is 276 g/mol. The Morgan fingerprint density at radius 2 is 1.50 bits per heavy atom. The lowest BCUT2D eigenvalue weighted by Crippen LogP contribution is -1.83. The van der Waals surface area contributed by atoms with E-state index in [0.717, 1.165) is 26.7 Å². The quantitative estimate of drug-likeness (QED) is 0.704. The molecule has 3 rings (SSSR count). The van der Waals surface area contributed by atoms with Crippen molar-refractivity contribution in [2.45, 2.75) is 6.42 Å². The first kappa shape index (κ1) is 12.6. The molecule has 1 aromatic heterocycles.